The van der Waals surface area contributed by atoms with Gasteiger partial charge in [0.2, 0.25) is 0 Å². The van der Waals surface area contributed by atoms with E-state index < -0.39 is 5.54 Å². The zero-order valence-corrected chi connectivity index (χ0v) is 12.4. The van der Waals surface area contributed by atoms with Crippen LogP contribution in [-0.4, -0.2) is 52.8 Å². The number of amidine groups is 1. The van der Waals surface area contributed by atoms with Crippen molar-refractivity contribution in [2.45, 2.75) is 19.4 Å². The molecule has 0 aliphatic heterocycles. The largest absolute Gasteiger partial charge is 0.484 e. The molecule has 7 nitrogen and oxygen atoms in total. The Hall–Kier alpha value is -2.28. The second-order valence-corrected chi connectivity index (χ2v) is 5.22. The van der Waals surface area contributed by atoms with E-state index in [-0.39, 0.29) is 25.0 Å². The predicted molar refractivity (Wildman–Crippen MR) is 78.4 cm³/mol. The number of oxime groups is 1. The normalized spacial score (nSPS) is 12.1. The summed E-state index contributed by atoms with van der Waals surface area (Å²) in [4.78, 5) is 13.4. The molecule has 1 amide bonds. The molecule has 0 atom stereocenters. The molecule has 1 rings (SSSR count). The van der Waals surface area contributed by atoms with Crippen LogP contribution in [0.4, 0.5) is 0 Å². The Morgan fingerprint density at radius 1 is 1.38 bits per heavy atom. The highest BCUT2D eigenvalue weighted by Gasteiger charge is 2.26. The lowest BCUT2D eigenvalue weighted by Crippen LogP contribution is -2.49. The number of hydrogen-bond donors (Lipinski definition) is 3. The fourth-order valence-corrected chi connectivity index (χ4v) is 1.47. The molecule has 7 heteroatoms. The van der Waals surface area contributed by atoms with Crippen molar-refractivity contribution in [3.8, 4) is 5.75 Å². The van der Waals surface area contributed by atoms with Crippen LogP contribution in [0.1, 0.15) is 19.4 Å². The molecule has 116 valence electrons. The van der Waals surface area contributed by atoms with Crippen LogP contribution in [-0.2, 0) is 4.79 Å². The van der Waals surface area contributed by atoms with Crippen LogP contribution in [0.2, 0.25) is 0 Å². The number of nitrogens with two attached hydrogens (primary N) is 1. The van der Waals surface area contributed by atoms with E-state index in [0.717, 1.165) is 0 Å². The summed E-state index contributed by atoms with van der Waals surface area (Å²) in [5, 5.41) is 20.7. The fourth-order valence-electron chi connectivity index (χ4n) is 1.47. The van der Waals surface area contributed by atoms with Crippen LogP contribution in [0.15, 0.2) is 29.4 Å². The van der Waals surface area contributed by atoms with Gasteiger partial charge in [-0.05, 0) is 38.1 Å². The average molecular weight is 295 g/mol. The van der Waals surface area contributed by atoms with Crippen molar-refractivity contribution in [1.29, 1.82) is 0 Å². The van der Waals surface area contributed by atoms with Crippen molar-refractivity contribution < 1.29 is 19.8 Å². The van der Waals surface area contributed by atoms with Gasteiger partial charge in [0.05, 0.1) is 12.1 Å². The predicted octanol–water partition coefficient (Wildman–Crippen LogP) is 0.389. The monoisotopic (exact) mass is 295 g/mol. The van der Waals surface area contributed by atoms with Gasteiger partial charge in [-0.1, -0.05) is 5.16 Å². The highest BCUT2D eigenvalue weighted by Crippen LogP contribution is 2.14. The third kappa shape index (κ3) is 4.35. The molecule has 0 spiro atoms. The molecule has 0 saturated carbocycles. The number of amides is 1. The first kappa shape index (κ1) is 16.8. The third-order valence-electron chi connectivity index (χ3n) is 3.29. The molecular weight excluding hydrogens is 274 g/mol. The minimum atomic E-state index is -0.643. The number of aliphatic hydroxyl groups excluding tert-OH is 1. The number of aliphatic hydroxyl groups is 1. The van der Waals surface area contributed by atoms with Crippen LogP contribution < -0.4 is 10.5 Å². The number of carbonyl (C=O) groups is 1. The van der Waals surface area contributed by atoms with E-state index in [9.17, 15) is 9.90 Å². The van der Waals surface area contributed by atoms with Gasteiger partial charge >= 0.3 is 0 Å². The molecule has 0 saturated heterocycles. The van der Waals surface area contributed by atoms with Gasteiger partial charge in [0.25, 0.3) is 5.91 Å². The summed E-state index contributed by atoms with van der Waals surface area (Å²) in [5.41, 5.74) is 5.35. The van der Waals surface area contributed by atoms with E-state index in [4.69, 9.17) is 15.7 Å². The van der Waals surface area contributed by atoms with Crippen LogP contribution in [0.3, 0.4) is 0 Å². The molecule has 0 aliphatic rings. The first-order valence-electron chi connectivity index (χ1n) is 6.40. The van der Waals surface area contributed by atoms with Crippen molar-refractivity contribution in [3.05, 3.63) is 29.8 Å². The number of carbonyl (C=O) groups excluding carboxylic acids is 1. The number of rotatable bonds is 6. The number of ether oxygens (including phenoxy) is 1. The van der Waals surface area contributed by atoms with E-state index in [1.807, 2.05) is 0 Å². The summed E-state index contributed by atoms with van der Waals surface area (Å²) in [6.45, 7) is 3.25. The van der Waals surface area contributed by atoms with E-state index in [1.54, 1.807) is 45.2 Å². The number of nitrogens with zero attached hydrogens (tertiary/aromatic N) is 2. The number of hydrogen-bond acceptors (Lipinski definition) is 5. The van der Waals surface area contributed by atoms with Gasteiger partial charge < -0.3 is 25.7 Å². The Kier molecular flexibility index (Phi) is 5.54. The summed E-state index contributed by atoms with van der Waals surface area (Å²) < 4.78 is 5.38. The molecule has 0 fully saturated rings. The Balaban J connectivity index is 2.62. The molecule has 0 aromatic heterocycles. The van der Waals surface area contributed by atoms with Gasteiger partial charge in [-0.3, -0.25) is 4.79 Å². The standard InChI is InChI=1S/C14H21N3O4/c1-14(2,9-18)17(3)12(19)8-21-11-6-4-10(5-7-11)13(15)16-20/h4-7,18,20H,8-9H2,1-3H3,(H2,15,16). The van der Waals surface area contributed by atoms with Crippen molar-refractivity contribution >= 4 is 11.7 Å². The Morgan fingerprint density at radius 2 is 1.95 bits per heavy atom. The molecule has 0 unspecified atom stereocenters. The maximum absolute atomic E-state index is 12.0. The number of likely N-dealkylation sites (N-methyl/N-ethyl adjacent to an activating group) is 1. The molecule has 0 heterocycles. The first-order valence-corrected chi connectivity index (χ1v) is 6.40. The SMILES string of the molecule is CN(C(=O)COc1ccc(/C(N)=N/O)cc1)C(C)(C)CO. The lowest BCUT2D eigenvalue weighted by Gasteiger charge is -2.33. The second kappa shape index (κ2) is 6.94. The summed E-state index contributed by atoms with van der Waals surface area (Å²) in [6.07, 6.45) is 0. The van der Waals surface area contributed by atoms with Gasteiger partial charge in [-0.2, -0.15) is 0 Å². The molecule has 0 radical (unpaired) electrons. The fraction of sp³-hybridized carbons (Fsp3) is 0.429. The smallest absolute Gasteiger partial charge is 0.260 e. The third-order valence-corrected chi connectivity index (χ3v) is 3.29. The van der Waals surface area contributed by atoms with Crippen molar-refractivity contribution in [2.75, 3.05) is 20.3 Å². The zero-order valence-electron chi connectivity index (χ0n) is 12.4. The molecule has 0 aliphatic carbocycles. The zero-order chi connectivity index (χ0) is 16.0. The van der Waals surface area contributed by atoms with Crippen LogP contribution in [0.25, 0.3) is 0 Å². The summed E-state index contributed by atoms with van der Waals surface area (Å²) in [7, 11) is 1.61. The highest BCUT2D eigenvalue weighted by atomic mass is 16.5. The van der Waals surface area contributed by atoms with E-state index in [2.05, 4.69) is 5.16 Å². The van der Waals surface area contributed by atoms with Crippen LogP contribution in [0.5, 0.6) is 5.75 Å². The van der Waals surface area contributed by atoms with Crippen molar-refractivity contribution in [1.82, 2.24) is 4.90 Å². The molecule has 21 heavy (non-hydrogen) atoms. The van der Waals surface area contributed by atoms with Crippen molar-refractivity contribution in [2.24, 2.45) is 10.9 Å². The lowest BCUT2D eigenvalue weighted by molar-refractivity contribution is -0.138. The van der Waals surface area contributed by atoms with Gasteiger partial charge in [0, 0.05) is 12.6 Å². The van der Waals surface area contributed by atoms with Gasteiger partial charge in [0.15, 0.2) is 12.4 Å². The molecular formula is C14H21N3O4. The Morgan fingerprint density at radius 3 is 2.43 bits per heavy atom. The van der Waals surface area contributed by atoms with Gasteiger partial charge in [-0.15, -0.1) is 0 Å². The molecule has 4 N–H and O–H groups in total. The van der Waals surface area contributed by atoms with Gasteiger partial charge in [-0.25, -0.2) is 0 Å². The first-order chi connectivity index (χ1) is 9.81. The van der Waals surface area contributed by atoms with E-state index >= 15 is 0 Å². The highest BCUT2D eigenvalue weighted by molar-refractivity contribution is 5.97. The molecule has 1 aromatic carbocycles. The minimum absolute atomic E-state index is 0.00190. The second-order valence-electron chi connectivity index (χ2n) is 5.22. The maximum Gasteiger partial charge on any atom is 0.260 e. The summed E-state index contributed by atoms with van der Waals surface area (Å²) >= 11 is 0. The Labute approximate surface area is 123 Å². The van der Waals surface area contributed by atoms with Crippen molar-refractivity contribution in [3.63, 3.8) is 0 Å². The average Bonchev–Trinajstić information content (AvgIpc) is 2.51. The molecule has 0 bridgehead atoms. The topological polar surface area (TPSA) is 108 Å². The minimum Gasteiger partial charge on any atom is -0.484 e. The van der Waals surface area contributed by atoms with Gasteiger partial charge in [0.1, 0.15) is 5.75 Å². The number of benzene rings is 1. The van der Waals surface area contributed by atoms with Crippen LogP contribution >= 0.6 is 0 Å². The van der Waals surface area contributed by atoms with Crippen LogP contribution in [0, 0.1) is 0 Å². The summed E-state index contributed by atoms with van der Waals surface area (Å²) in [6, 6.07) is 6.49. The Bertz CT molecular complexity index is 511. The lowest BCUT2D eigenvalue weighted by atomic mass is 10.1. The van der Waals surface area contributed by atoms with E-state index in [0.29, 0.717) is 11.3 Å². The molecule has 1 aromatic rings. The quantitative estimate of drug-likeness (QED) is 0.304. The maximum atomic E-state index is 12.0. The summed E-state index contributed by atoms with van der Waals surface area (Å²) in [5.74, 6) is 0.254. The van der Waals surface area contributed by atoms with E-state index in [1.165, 1.54) is 4.90 Å².